The summed E-state index contributed by atoms with van der Waals surface area (Å²) in [6.45, 7) is 0. The third-order valence-corrected chi connectivity index (χ3v) is 1.50. The maximum Gasteiger partial charge on any atom is 0.0948 e. The largest absolute Gasteiger partial charge is 0.137 e. The molecule has 4 nitrogen and oxygen atoms in total. The van der Waals surface area contributed by atoms with E-state index in [1.807, 2.05) is 30.3 Å². The highest BCUT2D eigenvalue weighted by atomic mass is 15.5. The quantitative estimate of drug-likeness (QED) is 0.557. The molecule has 0 bridgehead atoms. The lowest BCUT2D eigenvalue weighted by Gasteiger charge is -1.97. The van der Waals surface area contributed by atoms with Crippen LogP contribution in [0.25, 0.3) is 6.08 Å². The molecule has 0 atom stereocenters. The van der Waals surface area contributed by atoms with Gasteiger partial charge in [-0.25, -0.2) is 0 Å². The van der Waals surface area contributed by atoms with Gasteiger partial charge in [-0.15, -0.1) is 10.2 Å². The van der Waals surface area contributed by atoms with E-state index in [2.05, 4.69) is 20.7 Å². The van der Waals surface area contributed by atoms with Gasteiger partial charge >= 0.3 is 0 Å². The maximum absolute atomic E-state index is 3.86. The minimum Gasteiger partial charge on any atom is -0.137 e. The molecular formula is C8H6N4. The molecule has 1 heterocycles. The molecule has 0 spiro atoms. The van der Waals surface area contributed by atoms with Gasteiger partial charge in [0.1, 0.15) is 0 Å². The molecule has 0 saturated heterocycles. The van der Waals surface area contributed by atoms with E-state index in [-0.39, 0.29) is 0 Å². The van der Waals surface area contributed by atoms with E-state index in [9.17, 15) is 0 Å². The Morgan fingerprint density at radius 3 is 2.92 bits per heavy atom. The van der Waals surface area contributed by atoms with Gasteiger partial charge in [-0.05, 0) is 22.6 Å². The summed E-state index contributed by atoms with van der Waals surface area (Å²) in [6.07, 6.45) is 3.44. The summed E-state index contributed by atoms with van der Waals surface area (Å²) in [6, 6.07) is 7.68. The lowest BCUT2D eigenvalue weighted by molar-refractivity contribution is 0.951. The second-order valence-electron chi connectivity index (χ2n) is 2.27. The van der Waals surface area contributed by atoms with E-state index in [0.717, 1.165) is 11.3 Å². The van der Waals surface area contributed by atoms with Crippen molar-refractivity contribution in [1.29, 1.82) is 0 Å². The Kier molecular flexibility index (Phi) is 1.74. The molecule has 2 rings (SSSR count). The molecule has 1 aliphatic heterocycles. The summed E-state index contributed by atoms with van der Waals surface area (Å²) >= 11 is 0. The average Bonchev–Trinajstić information content (AvgIpc) is 2.06. The highest BCUT2D eigenvalue weighted by Crippen LogP contribution is 2.21. The highest BCUT2D eigenvalue weighted by Gasteiger charge is 1.96. The first-order valence-electron chi connectivity index (χ1n) is 3.53. The maximum atomic E-state index is 3.86. The Balaban J connectivity index is 2.54. The minimum absolute atomic E-state index is 0.812. The van der Waals surface area contributed by atoms with Crippen molar-refractivity contribution in [2.45, 2.75) is 0 Å². The molecule has 0 N–H and O–H groups in total. The van der Waals surface area contributed by atoms with Gasteiger partial charge in [0.15, 0.2) is 0 Å². The van der Waals surface area contributed by atoms with Crippen LogP contribution < -0.4 is 0 Å². The van der Waals surface area contributed by atoms with E-state index < -0.39 is 0 Å². The molecule has 12 heavy (non-hydrogen) atoms. The average molecular weight is 158 g/mol. The molecule has 1 aromatic carbocycles. The summed E-state index contributed by atoms with van der Waals surface area (Å²) in [5.41, 5.74) is 1.81. The Hall–Kier alpha value is -1.84. The van der Waals surface area contributed by atoms with Crippen LogP contribution in [-0.2, 0) is 0 Å². The van der Waals surface area contributed by atoms with Gasteiger partial charge in [0.05, 0.1) is 11.9 Å². The number of benzene rings is 1. The van der Waals surface area contributed by atoms with Crippen molar-refractivity contribution >= 4 is 11.8 Å². The fraction of sp³-hybridized carbons (Fsp3) is 0. The van der Waals surface area contributed by atoms with Crippen molar-refractivity contribution in [2.24, 2.45) is 20.7 Å². The molecule has 0 fully saturated rings. The molecule has 0 radical (unpaired) electrons. The van der Waals surface area contributed by atoms with Gasteiger partial charge in [0, 0.05) is 5.56 Å². The summed E-state index contributed by atoms with van der Waals surface area (Å²) in [5, 5.41) is 14.4. The zero-order valence-electron chi connectivity index (χ0n) is 6.25. The van der Waals surface area contributed by atoms with Crippen LogP contribution in [0.4, 0.5) is 5.69 Å². The SMILES string of the molecule is C1=C/c2ccccc2\N=N/N=N\1. The van der Waals surface area contributed by atoms with Crippen molar-refractivity contribution < 1.29 is 0 Å². The fourth-order valence-corrected chi connectivity index (χ4v) is 0.954. The summed E-state index contributed by atoms with van der Waals surface area (Å²) in [7, 11) is 0. The summed E-state index contributed by atoms with van der Waals surface area (Å²) < 4.78 is 0. The topological polar surface area (TPSA) is 49.4 Å². The van der Waals surface area contributed by atoms with E-state index in [4.69, 9.17) is 0 Å². The molecule has 0 aromatic heterocycles. The van der Waals surface area contributed by atoms with Crippen molar-refractivity contribution in [3.63, 3.8) is 0 Å². The van der Waals surface area contributed by atoms with Gasteiger partial charge in [0.2, 0.25) is 0 Å². The molecule has 0 amide bonds. The van der Waals surface area contributed by atoms with Crippen LogP contribution in [0.15, 0.2) is 51.1 Å². The molecule has 1 aliphatic rings. The van der Waals surface area contributed by atoms with E-state index in [1.165, 1.54) is 0 Å². The number of hydrogen-bond acceptors (Lipinski definition) is 4. The molecule has 0 saturated carbocycles. The van der Waals surface area contributed by atoms with Crippen LogP contribution in [0, 0.1) is 0 Å². The van der Waals surface area contributed by atoms with Crippen LogP contribution in [0.3, 0.4) is 0 Å². The van der Waals surface area contributed by atoms with E-state index in [1.54, 1.807) is 6.20 Å². The predicted molar refractivity (Wildman–Crippen MR) is 44.8 cm³/mol. The normalized spacial score (nSPS) is 21.7. The highest BCUT2D eigenvalue weighted by molar-refractivity contribution is 5.63. The molecule has 0 unspecified atom stereocenters. The van der Waals surface area contributed by atoms with Crippen LogP contribution in [0.1, 0.15) is 5.56 Å². The Bertz CT molecular complexity index is 330. The lowest BCUT2D eigenvalue weighted by atomic mass is 10.2. The van der Waals surface area contributed by atoms with Gasteiger partial charge in [-0.1, -0.05) is 18.2 Å². The second-order valence-corrected chi connectivity index (χ2v) is 2.27. The first-order chi connectivity index (χ1) is 5.97. The first kappa shape index (κ1) is 6.84. The zero-order chi connectivity index (χ0) is 8.23. The molecule has 4 heteroatoms. The summed E-state index contributed by atoms with van der Waals surface area (Å²) in [5.74, 6) is 0. The van der Waals surface area contributed by atoms with Gasteiger partial charge in [0.25, 0.3) is 0 Å². The molecule has 58 valence electrons. The van der Waals surface area contributed by atoms with Crippen molar-refractivity contribution in [3.8, 4) is 0 Å². The van der Waals surface area contributed by atoms with E-state index in [0.29, 0.717) is 0 Å². The third kappa shape index (κ3) is 1.27. The Morgan fingerprint density at radius 1 is 1.00 bits per heavy atom. The summed E-state index contributed by atoms with van der Waals surface area (Å²) in [4.78, 5) is 0. The monoisotopic (exact) mass is 158 g/mol. The van der Waals surface area contributed by atoms with Gasteiger partial charge in [-0.3, -0.25) is 0 Å². The molecular weight excluding hydrogens is 152 g/mol. The number of hydrogen-bond donors (Lipinski definition) is 0. The molecule has 1 aromatic rings. The van der Waals surface area contributed by atoms with Crippen LogP contribution in [0.2, 0.25) is 0 Å². The zero-order valence-corrected chi connectivity index (χ0v) is 6.25. The van der Waals surface area contributed by atoms with Gasteiger partial charge < -0.3 is 0 Å². The Morgan fingerprint density at radius 2 is 1.92 bits per heavy atom. The Labute approximate surface area is 69.3 Å². The van der Waals surface area contributed by atoms with E-state index >= 15 is 0 Å². The van der Waals surface area contributed by atoms with Crippen molar-refractivity contribution in [2.75, 3.05) is 0 Å². The third-order valence-electron chi connectivity index (χ3n) is 1.50. The second kappa shape index (κ2) is 3.04. The standard InChI is InChI=1S/C8H6N4/c1-2-4-8-7(3-1)5-6-9-11-12-10-8/h1-6H/b6-5-,7-5?,9-6?,10-8?,11-9-,12-10-,12-11?. The number of fused-ring (bicyclic) bond motifs is 1. The van der Waals surface area contributed by atoms with Crippen molar-refractivity contribution in [3.05, 3.63) is 36.0 Å². The van der Waals surface area contributed by atoms with Crippen LogP contribution in [0.5, 0.6) is 0 Å². The molecule has 0 aliphatic carbocycles. The lowest BCUT2D eigenvalue weighted by Crippen LogP contribution is -1.73. The predicted octanol–water partition coefficient (Wildman–Crippen LogP) is 3.12. The van der Waals surface area contributed by atoms with Gasteiger partial charge in [-0.2, -0.15) is 0 Å². The minimum atomic E-state index is 0.812. The smallest absolute Gasteiger partial charge is 0.0948 e. The van der Waals surface area contributed by atoms with Crippen LogP contribution >= 0.6 is 0 Å². The number of nitrogens with zero attached hydrogens (tertiary/aromatic N) is 4. The fourth-order valence-electron chi connectivity index (χ4n) is 0.954. The van der Waals surface area contributed by atoms with Crippen molar-refractivity contribution in [1.82, 2.24) is 0 Å². The van der Waals surface area contributed by atoms with Crippen LogP contribution in [-0.4, -0.2) is 0 Å². The number of rotatable bonds is 0. The first-order valence-corrected chi connectivity index (χ1v) is 3.53.